The molecule has 178 valence electrons. The molecule has 0 bridgehead atoms. The number of piperidine rings is 1. The predicted molar refractivity (Wildman–Crippen MR) is 120 cm³/mol. The second-order valence-electron chi connectivity index (χ2n) is 8.74. The van der Waals surface area contributed by atoms with E-state index in [1.54, 1.807) is 11.8 Å². The number of rotatable bonds is 6. The van der Waals surface area contributed by atoms with E-state index in [1.165, 1.54) is 29.6 Å². The maximum Gasteiger partial charge on any atom is 0.338 e. The molecule has 9 heteroatoms. The fraction of sp³-hybridized carbons (Fsp3) is 0.652. The molecule has 2 fully saturated rings. The smallest absolute Gasteiger partial charge is 0.338 e. The number of esters is 1. The summed E-state index contributed by atoms with van der Waals surface area (Å²) >= 11 is 0. The van der Waals surface area contributed by atoms with E-state index in [1.807, 2.05) is 0 Å². The average Bonchev–Trinajstić information content (AvgIpc) is 3.09. The first-order chi connectivity index (χ1) is 15.2. The van der Waals surface area contributed by atoms with Gasteiger partial charge >= 0.3 is 5.97 Å². The van der Waals surface area contributed by atoms with Gasteiger partial charge < -0.3 is 14.4 Å². The van der Waals surface area contributed by atoms with E-state index in [0.717, 1.165) is 38.5 Å². The highest BCUT2D eigenvalue weighted by atomic mass is 32.2. The van der Waals surface area contributed by atoms with Crippen molar-refractivity contribution in [3.8, 4) is 5.75 Å². The monoisotopic (exact) mass is 466 g/mol. The fourth-order valence-electron chi connectivity index (χ4n) is 4.19. The maximum atomic E-state index is 13.3. The summed E-state index contributed by atoms with van der Waals surface area (Å²) < 4.78 is 38.7. The van der Waals surface area contributed by atoms with Crippen molar-refractivity contribution in [1.29, 1.82) is 0 Å². The molecule has 0 aromatic heterocycles. The van der Waals surface area contributed by atoms with Crippen LogP contribution in [-0.2, 0) is 19.6 Å². The highest BCUT2D eigenvalue weighted by Gasteiger charge is 2.31. The summed E-state index contributed by atoms with van der Waals surface area (Å²) in [4.78, 5) is 27.1. The van der Waals surface area contributed by atoms with Crippen LogP contribution in [0, 0.1) is 5.92 Å². The van der Waals surface area contributed by atoms with Crippen LogP contribution in [0.3, 0.4) is 0 Å². The van der Waals surface area contributed by atoms with Gasteiger partial charge in [0, 0.05) is 26.2 Å². The number of hydrogen-bond donors (Lipinski definition) is 0. The van der Waals surface area contributed by atoms with Gasteiger partial charge in [0.05, 0.1) is 12.7 Å². The zero-order chi connectivity index (χ0) is 23.3. The van der Waals surface area contributed by atoms with Crippen molar-refractivity contribution in [3.63, 3.8) is 0 Å². The van der Waals surface area contributed by atoms with Crippen LogP contribution in [0.4, 0.5) is 0 Å². The van der Waals surface area contributed by atoms with Crippen molar-refractivity contribution in [1.82, 2.24) is 9.21 Å². The van der Waals surface area contributed by atoms with Crippen LogP contribution < -0.4 is 4.74 Å². The lowest BCUT2D eigenvalue weighted by molar-refractivity contribution is -0.141. The number of methoxy groups -OCH3 is 1. The van der Waals surface area contributed by atoms with Gasteiger partial charge in [-0.05, 0) is 56.7 Å². The molecule has 2 heterocycles. The molecule has 1 atom stereocenters. The third-order valence-electron chi connectivity index (χ3n) is 6.31. The molecule has 2 aliphatic heterocycles. The van der Waals surface area contributed by atoms with Gasteiger partial charge in [-0.2, -0.15) is 4.31 Å². The van der Waals surface area contributed by atoms with Crippen molar-refractivity contribution in [3.05, 3.63) is 23.8 Å². The third-order valence-corrected chi connectivity index (χ3v) is 8.23. The zero-order valence-corrected chi connectivity index (χ0v) is 20.0. The summed E-state index contributed by atoms with van der Waals surface area (Å²) in [6.45, 7) is 5.91. The predicted octanol–water partition coefficient (Wildman–Crippen LogP) is 3.06. The third kappa shape index (κ3) is 5.61. The van der Waals surface area contributed by atoms with Crippen molar-refractivity contribution < 1.29 is 27.5 Å². The van der Waals surface area contributed by atoms with E-state index in [0.29, 0.717) is 32.1 Å². The van der Waals surface area contributed by atoms with Crippen LogP contribution in [0.15, 0.2) is 23.1 Å². The van der Waals surface area contributed by atoms with Gasteiger partial charge in [-0.25, -0.2) is 13.2 Å². The molecule has 0 unspecified atom stereocenters. The van der Waals surface area contributed by atoms with Crippen molar-refractivity contribution in [2.24, 2.45) is 5.92 Å². The first kappa shape index (κ1) is 24.5. The van der Waals surface area contributed by atoms with E-state index in [2.05, 4.69) is 6.92 Å². The number of sulfonamides is 1. The van der Waals surface area contributed by atoms with Crippen LogP contribution in [0.1, 0.15) is 62.7 Å². The molecule has 1 aromatic carbocycles. The number of benzene rings is 1. The quantitative estimate of drug-likeness (QED) is 0.598. The Labute approximate surface area is 190 Å². The molecule has 2 aliphatic rings. The Morgan fingerprint density at radius 2 is 1.66 bits per heavy atom. The van der Waals surface area contributed by atoms with Crippen molar-refractivity contribution in [2.75, 3.05) is 33.3 Å². The van der Waals surface area contributed by atoms with E-state index in [9.17, 15) is 18.0 Å². The highest BCUT2D eigenvalue weighted by Crippen LogP contribution is 2.30. The van der Waals surface area contributed by atoms with Crippen LogP contribution >= 0.6 is 0 Å². The molecule has 0 spiro atoms. The van der Waals surface area contributed by atoms with Crippen LogP contribution in [0.5, 0.6) is 5.75 Å². The molecular formula is C23H34N2O6S. The first-order valence-corrected chi connectivity index (χ1v) is 12.9. The van der Waals surface area contributed by atoms with E-state index in [4.69, 9.17) is 9.47 Å². The topological polar surface area (TPSA) is 93.2 Å². The molecule has 8 nitrogen and oxygen atoms in total. The largest absolute Gasteiger partial charge is 0.495 e. The average molecular weight is 467 g/mol. The Balaban J connectivity index is 1.76. The van der Waals surface area contributed by atoms with Crippen LogP contribution in [0.25, 0.3) is 0 Å². The van der Waals surface area contributed by atoms with E-state index in [-0.39, 0.29) is 22.1 Å². The van der Waals surface area contributed by atoms with Gasteiger partial charge in [0.15, 0.2) is 6.10 Å². The second kappa shape index (κ2) is 10.7. The summed E-state index contributed by atoms with van der Waals surface area (Å²) in [5, 5.41) is 0. The lowest BCUT2D eigenvalue weighted by Crippen LogP contribution is -2.44. The van der Waals surface area contributed by atoms with Crippen LogP contribution in [0.2, 0.25) is 0 Å². The minimum absolute atomic E-state index is 0.0552. The number of hydrogen-bond acceptors (Lipinski definition) is 6. The van der Waals surface area contributed by atoms with E-state index >= 15 is 0 Å². The van der Waals surface area contributed by atoms with Gasteiger partial charge in [-0.3, -0.25) is 4.79 Å². The zero-order valence-electron chi connectivity index (χ0n) is 19.2. The highest BCUT2D eigenvalue weighted by molar-refractivity contribution is 7.89. The number of carbonyl (C=O) groups excluding carboxylic acids is 2. The number of ether oxygens (including phenoxy) is 2. The minimum atomic E-state index is -3.83. The summed E-state index contributed by atoms with van der Waals surface area (Å²) in [5.41, 5.74) is 0.0751. The molecular weight excluding hydrogens is 432 g/mol. The number of nitrogens with zero attached hydrogens (tertiary/aromatic N) is 2. The van der Waals surface area contributed by atoms with Crippen molar-refractivity contribution in [2.45, 2.75) is 63.4 Å². The summed E-state index contributed by atoms with van der Waals surface area (Å²) in [6.07, 6.45) is 4.53. The standard InChI is InChI=1S/C23H34N2O6S/c1-17-10-14-24(15-11-17)22(26)18(2)31-23(27)19-8-9-20(30-3)21(16-19)32(28,29)25-12-6-4-5-7-13-25/h8-9,16-18H,4-7,10-15H2,1-3H3/t18-/m1/s1. The fourth-order valence-corrected chi connectivity index (χ4v) is 5.89. The molecule has 0 saturated carbocycles. The Morgan fingerprint density at radius 1 is 1.03 bits per heavy atom. The first-order valence-electron chi connectivity index (χ1n) is 11.4. The SMILES string of the molecule is COc1ccc(C(=O)O[C@H](C)C(=O)N2CCC(C)CC2)cc1S(=O)(=O)N1CCCCCC1. The van der Waals surface area contributed by atoms with Gasteiger partial charge in [-0.1, -0.05) is 19.8 Å². The number of carbonyl (C=O) groups is 2. The Hall–Kier alpha value is -2.13. The van der Waals surface area contributed by atoms with Crippen molar-refractivity contribution >= 4 is 21.9 Å². The lowest BCUT2D eigenvalue weighted by Gasteiger charge is -2.31. The molecule has 0 aliphatic carbocycles. The molecule has 0 radical (unpaired) electrons. The lowest BCUT2D eigenvalue weighted by atomic mass is 9.99. The second-order valence-corrected chi connectivity index (χ2v) is 10.6. The normalized spacial score (nSPS) is 19.8. The van der Waals surface area contributed by atoms with Gasteiger partial charge in [-0.15, -0.1) is 0 Å². The summed E-state index contributed by atoms with van der Waals surface area (Å²) in [5.74, 6) is -0.194. The molecule has 32 heavy (non-hydrogen) atoms. The van der Waals surface area contributed by atoms with Gasteiger partial charge in [0.2, 0.25) is 10.0 Å². The summed E-state index contributed by atoms with van der Waals surface area (Å²) in [6, 6.07) is 4.21. The summed E-state index contributed by atoms with van der Waals surface area (Å²) in [7, 11) is -2.43. The molecule has 1 aromatic rings. The Bertz CT molecular complexity index is 916. The Morgan fingerprint density at radius 3 is 2.25 bits per heavy atom. The Kier molecular flexibility index (Phi) is 8.16. The van der Waals surface area contributed by atoms with Crippen LogP contribution in [-0.4, -0.2) is 68.9 Å². The molecule has 0 N–H and O–H groups in total. The molecule has 2 saturated heterocycles. The van der Waals surface area contributed by atoms with Gasteiger partial charge in [0.1, 0.15) is 10.6 Å². The maximum absolute atomic E-state index is 13.3. The van der Waals surface area contributed by atoms with E-state index < -0.39 is 22.1 Å². The number of likely N-dealkylation sites (tertiary alicyclic amines) is 1. The molecule has 1 amide bonds. The number of amides is 1. The molecule has 3 rings (SSSR count). The minimum Gasteiger partial charge on any atom is -0.495 e. The van der Waals surface area contributed by atoms with Gasteiger partial charge in [0.25, 0.3) is 5.91 Å².